The number of hydrogen-bond donors (Lipinski definition) is 0. The number of aromatic nitrogens is 1. The molecule has 1 aromatic heterocycles. The highest BCUT2D eigenvalue weighted by molar-refractivity contribution is 7.18. The zero-order chi connectivity index (χ0) is 10.8. The average Bonchev–Trinajstić information content (AvgIpc) is 2.59. The Morgan fingerprint density at radius 1 is 1.53 bits per heavy atom. The van der Waals surface area contributed by atoms with Crippen LogP contribution in [-0.2, 0) is 4.79 Å². The molecule has 1 aromatic carbocycles. The highest BCUT2D eigenvalue weighted by Crippen LogP contribution is 2.29. The fraction of sp³-hybridized carbons (Fsp3) is 0.273. The highest BCUT2D eigenvalue weighted by Gasteiger charge is 2.09. The summed E-state index contributed by atoms with van der Waals surface area (Å²) >= 11 is 1.60. The zero-order valence-corrected chi connectivity index (χ0v) is 9.43. The molecule has 0 aliphatic rings. The molecule has 0 radical (unpaired) electrons. The zero-order valence-electron chi connectivity index (χ0n) is 8.61. The van der Waals surface area contributed by atoms with Crippen LogP contribution in [0.5, 0.6) is 5.75 Å². The number of carbonyl (C=O) groups is 1. The number of nitrogens with zero attached hydrogens (tertiary/aromatic N) is 1. The minimum Gasteiger partial charge on any atom is -0.424 e. The smallest absolute Gasteiger partial charge is 0.310 e. The van der Waals surface area contributed by atoms with E-state index in [1.165, 1.54) is 0 Å². The van der Waals surface area contributed by atoms with Gasteiger partial charge in [0.1, 0.15) is 5.52 Å². The van der Waals surface area contributed by atoms with Crippen molar-refractivity contribution in [2.45, 2.75) is 20.3 Å². The number of hydrogen-bond acceptors (Lipinski definition) is 4. The topological polar surface area (TPSA) is 39.2 Å². The van der Waals surface area contributed by atoms with Gasteiger partial charge >= 0.3 is 5.97 Å². The van der Waals surface area contributed by atoms with Crippen LogP contribution < -0.4 is 4.74 Å². The van der Waals surface area contributed by atoms with Crippen molar-refractivity contribution in [3.63, 3.8) is 0 Å². The average molecular weight is 221 g/mol. The van der Waals surface area contributed by atoms with Crippen molar-refractivity contribution in [1.82, 2.24) is 4.98 Å². The van der Waals surface area contributed by atoms with Gasteiger partial charge in [0.2, 0.25) is 0 Å². The lowest BCUT2D eigenvalue weighted by Gasteiger charge is -2.02. The van der Waals surface area contributed by atoms with E-state index in [0.29, 0.717) is 12.2 Å². The Hall–Kier alpha value is -1.42. The molecular formula is C11H11NO2S. The summed E-state index contributed by atoms with van der Waals surface area (Å²) in [6.45, 7) is 3.71. The summed E-state index contributed by atoms with van der Waals surface area (Å²) in [5.74, 6) is 0.330. The monoisotopic (exact) mass is 221 g/mol. The van der Waals surface area contributed by atoms with Gasteiger partial charge in [-0.25, -0.2) is 4.98 Å². The fourth-order valence-electron chi connectivity index (χ4n) is 1.31. The standard InChI is InChI=1S/C11H11NO2S/c1-3-10(13)14-8-5-4-6-9-11(8)12-7(2)15-9/h4-6H,3H2,1-2H3. The molecule has 0 spiro atoms. The van der Waals surface area contributed by atoms with Gasteiger partial charge in [0.05, 0.1) is 9.71 Å². The second kappa shape index (κ2) is 3.98. The van der Waals surface area contributed by atoms with E-state index in [0.717, 1.165) is 15.2 Å². The molecule has 0 bridgehead atoms. The van der Waals surface area contributed by atoms with Crippen molar-refractivity contribution in [2.24, 2.45) is 0 Å². The molecule has 0 aliphatic carbocycles. The van der Waals surface area contributed by atoms with Gasteiger partial charge in [-0.3, -0.25) is 4.79 Å². The molecule has 0 atom stereocenters. The van der Waals surface area contributed by atoms with Gasteiger partial charge in [-0.15, -0.1) is 11.3 Å². The number of carbonyl (C=O) groups excluding carboxylic acids is 1. The fourth-order valence-corrected chi connectivity index (χ4v) is 2.16. The predicted octanol–water partition coefficient (Wildman–Crippen LogP) is 2.92. The van der Waals surface area contributed by atoms with Crippen LogP contribution in [0.3, 0.4) is 0 Å². The van der Waals surface area contributed by atoms with Gasteiger partial charge in [-0.2, -0.15) is 0 Å². The van der Waals surface area contributed by atoms with Crippen molar-refractivity contribution in [3.8, 4) is 5.75 Å². The van der Waals surface area contributed by atoms with E-state index in [9.17, 15) is 4.79 Å². The number of benzene rings is 1. The first-order chi connectivity index (χ1) is 7.20. The molecule has 0 saturated carbocycles. The Balaban J connectivity index is 2.46. The Morgan fingerprint density at radius 2 is 2.33 bits per heavy atom. The number of thiazole rings is 1. The molecule has 0 fully saturated rings. The van der Waals surface area contributed by atoms with Gasteiger partial charge in [0.15, 0.2) is 5.75 Å². The summed E-state index contributed by atoms with van der Waals surface area (Å²) in [6, 6.07) is 5.62. The van der Waals surface area contributed by atoms with E-state index in [1.54, 1.807) is 24.3 Å². The normalized spacial score (nSPS) is 10.5. The maximum atomic E-state index is 11.2. The van der Waals surface area contributed by atoms with Gasteiger partial charge < -0.3 is 4.74 Å². The third-order valence-corrected chi connectivity index (χ3v) is 2.94. The summed E-state index contributed by atoms with van der Waals surface area (Å²) < 4.78 is 6.25. The Bertz CT molecular complexity index is 504. The number of esters is 1. The van der Waals surface area contributed by atoms with E-state index < -0.39 is 0 Å². The van der Waals surface area contributed by atoms with Crippen LogP contribution in [0.4, 0.5) is 0 Å². The first-order valence-corrected chi connectivity index (χ1v) is 5.59. The molecule has 1 heterocycles. The van der Waals surface area contributed by atoms with Crippen molar-refractivity contribution in [2.75, 3.05) is 0 Å². The second-order valence-corrected chi connectivity index (χ2v) is 4.40. The first kappa shape index (κ1) is 10.1. The lowest BCUT2D eigenvalue weighted by Crippen LogP contribution is -2.05. The molecule has 0 saturated heterocycles. The Labute approximate surface area is 91.7 Å². The van der Waals surface area contributed by atoms with E-state index in [-0.39, 0.29) is 5.97 Å². The SMILES string of the molecule is CCC(=O)Oc1cccc2sc(C)nc12. The molecule has 0 unspecified atom stereocenters. The molecule has 4 heteroatoms. The number of para-hydroxylation sites is 1. The summed E-state index contributed by atoms with van der Waals surface area (Å²) in [7, 11) is 0. The maximum absolute atomic E-state index is 11.2. The van der Waals surface area contributed by atoms with E-state index in [2.05, 4.69) is 4.98 Å². The molecule has 2 rings (SSSR count). The molecular weight excluding hydrogens is 210 g/mol. The summed E-state index contributed by atoms with van der Waals surface area (Å²) in [4.78, 5) is 15.5. The van der Waals surface area contributed by atoms with Gasteiger partial charge in [-0.05, 0) is 19.1 Å². The number of aryl methyl sites for hydroxylation is 1. The number of rotatable bonds is 2. The molecule has 15 heavy (non-hydrogen) atoms. The van der Waals surface area contributed by atoms with Crippen LogP contribution in [0.1, 0.15) is 18.4 Å². The van der Waals surface area contributed by atoms with E-state index in [4.69, 9.17) is 4.74 Å². The summed E-state index contributed by atoms with van der Waals surface area (Å²) in [6.07, 6.45) is 0.375. The van der Waals surface area contributed by atoms with Gasteiger partial charge in [0.25, 0.3) is 0 Å². The molecule has 3 nitrogen and oxygen atoms in total. The van der Waals surface area contributed by atoms with Crippen molar-refractivity contribution in [1.29, 1.82) is 0 Å². The van der Waals surface area contributed by atoms with Crippen LogP contribution in [0, 0.1) is 6.92 Å². The quantitative estimate of drug-likeness (QED) is 0.578. The minimum absolute atomic E-state index is 0.229. The van der Waals surface area contributed by atoms with E-state index in [1.807, 2.05) is 19.1 Å². The van der Waals surface area contributed by atoms with E-state index >= 15 is 0 Å². The van der Waals surface area contributed by atoms with Crippen LogP contribution in [0.2, 0.25) is 0 Å². The molecule has 0 amide bonds. The number of fused-ring (bicyclic) bond motifs is 1. The van der Waals surface area contributed by atoms with Gasteiger partial charge in [0, 0.05) is 6.42 Å². The molecule has 78 valence electrons. The summed E-state index contributed by atoms with van der Waals surface area (Å²) in [5.41, 5.74) is 0.779. The molecule has 0 N–H and O–H groups in total. The molecule has 2 aromatic rings. The minimum atomic E-state index is -0.229. The summed E-state index contributed by atoms with van der Waals surface area (Å²) in [5, 5.41) is 0.977. The van der Waals surface area contributed by atoms with Crippen LogP contribution in [0.25, 0.3) is 10.2 Å². The second-order valence-electron chi connectivity index (χ2n) is 3.16. The maximum Gasteiger partial charge on any atom is 0.310 e. The van der Waals surface area contributed by atoms with Crippen LogP contribution in [-0.4, -0.2) is 11.0 Å². The third kappa shape index (κ3) is 1.99. The van der Waals surface area contributed by atoms with Crippen molar-refractivity contribution in [3.05, 3.63) is 23.2 Å². The Kier molecular flexibility index (Phi) is 2.68. The Morgan fingerprint density at radius 3 is 3.07 bits per heavy atom. The highest BCUT2D eigenvalue weighted by atomic mass is 32.1. The lowest BCUT2D eigenvalue weighted by molar-refractivity contribution is -0.133. The van der Waals surface area contributed by atoms with Gasteiger partial charge in [-0.1, -0.05) is 13.0 Å². The van der Waals surface area contributed by atoms with Crippen LogP contribution >= 0.6 is 11.3 Å². The third-order valence-electron chi connectivity index (χ3n) is 2.00. The van der Waals surface area contributed by atoms with Crippen molar-refractivity contribution >= 4 is 27.5 Å². The largest absolute Gasteiger partial charge is 0.424 e. The predicted molar refractivity (Wildman–Crippen MR) is 60.3 cm³/mol. The van der Waals surface area contributed by atoms with Crippen LogP contribution in [0.15, 0.2) is 18.2 Å². The van der Waals surface area contributed by atoms with Crippen molar-refractivity contribution < 1.29 is 9.53 Å². The number of ether oxygens (including phenoxy) is 1. The first-order valence-electron chi connectivity index (χ1n) is 4.77. The molecule has 0 aliphatic heterocycles. The lowest BCUT2D eigenvalue weighted by atomic mass is 10.3.